The molecule has 0 spiro atoms. The molecule has 1 N–H and O–H groups in total. The Balaban J connectivity index is 2.24. The molecule has 2 aromatic rings. The smallest absolute Gasteiger partial charge is 0.242 e. The van der Waals surface area contributed by atoms with Crippen LogP contribution in [0.5, 0.6) is 0 Å². The van der Waals surface area contributed by atoms with Gasteiger partial charge in [-0.05, 0) is 42.2 Å². The van der Waals surface area contributed by atoms with Crippen LogP contribution >= 0.6 is 23.4 Å². The van der Waals surface area contributed by atoms with E-state index in [1.54, 1.807) is 36.7 Å². The van der Waals surface area contributed by atoms with Gasteiger partial charge in [0.05, 0.1) is 4.90 Å². The molecule has 106 valence electrons. The van der Waals surface area contributed by atoms with E-state index >= 15 is 0 Å². The summed E-state index contributed by atoms with van der Waals surface area (Å²) in [6.45, 7) is 0.213. The van der Waals surface area contributed by atoms with Crippen molar-refractivity contribution in [1.82, 2.24) is 9.71 Å². The van der Waals surface area contributed by atoms with Crippen LogP contribution in [0, 0.1) is 0 Å². The lowest BCUT2D eigenvalue weighted by Crippen LogP contribution is -2.23. The van der Waals surface area contributed by atoms with Gasteiger partial charge in [0.25, 0.3) is 0 Å². The van der Waals surface area contributed by atoms with Gasteiger partial charge in [-0.1, -0.05) is 11.6 Å². The Kier molecular flexibility index (Phi) is 5.04. The first-order valence-corrected chi connectivity index (χ1v) is 8.83. The Bertz CT molecular complexity index is 691. The number of benzene rings is 1. The molecule has 0 amide bonds. The number of nitrogens with one attached hydrogen (secondary N) is 1. The quantitative estimate of drug-likeness (QED) is 0.857. The number of sulfonamides is 1. The molecule has 0 saturated carbocycles. The fourth-order valence-corrected chi connectivity index (χ4v) is 4.02. The second-order valence-corrected chi connectivity index (χ2v) is 7.00. The highest BCUT2D eigenvalue weighted by molar-refractivity contribution is 7.99. The molecule has 0 unspecified atom stereocenters. The highest BCUT2D eigenvalue weighted by Crippen LogP contribution is 2.27. The number of aromatic nitrogens is 1. The SMILES string of the molecule is CSc1ccc(Cl)cc1S(=O)(=O)NCc1ccncc1. The van der Waals surface area contributed by atoms with E-state index in [9.17, 15) is 8.42 Å². The zero-order valence-corrected chi connectivity index (χ0v) is 13.1. The number of halogens is 1. The number of pyridine rings is 1. The topological polar surface area (TPSA) is 59.1 Å². The molecule has 0 aliphatic rings. The van der Waals surface area contributed by atoms with E-state index in [-0.39, 0.29) is 11.4 Å². The number of nitrogens with zero attached hydrogens (tertiary/aromatic N) is 1. The number of thioether (sulfide) groups is 1. The maximum Gasteiger partial charge on any atom is 0.242 e. The van der Waals surface area contributed by atoms with E-state index in [1.165, 1.54) is 17.8 Å². The summed E-state index contributed by atoms with van der Waals surface area (Å²) in [7, 11) is -3.60. The third-order valence-corrected chi connectivity index (χ3v) is 5.23. The molecule has 0 saturated heterocycles. The first-order valence-electron chi connectivity index (χ1n) is 5.75. The van der Waals surface area contributed by atoms with Crippen LogP contribution in [-0.4, -0.2) is 19.7 Å². The van der Waals surface area contributed by atoms with E-state index in [0.717, 1.165) is 5.56 Å². The lowest BCUT2D eigenvalue weighted by Gasteiger charge is -2.10. The molecule has 7 heteroatoms. The van der Waals surface area contributed by atoms with Crippen molar-refractivity contribution >= 4 is 33.4 Å². The fourth-order valence-electron chi connectivity index (χ4n) is 1.62. The molecule has 0 aliphatic heterocycles. The van der Waals surface area contributed by atoms with Crippen LogP contribution in [0.2, 0.25) is 5.02 Å². The van der Waals surface area contributed by atoms with Gasteiger partial charge in [0, 0.05) is 28.9 Å². The van der Waals surface area contributed by atoms with Crippen LogP contribution in [0.15, 0.2) is 52.5 Å². The van der Waals surface area contributed by atoms with Gasteiger partial charge in [-0.15, -0.1) is 11.8 Å². The Labute approximate surface area is 127 Å². The molecule has 20 heavy (non-hydrogen) atoms. The van der Waals surface area contributed by atoms with Crippen molar-refractivity contribution in [2.24, 2.45) is 0 Å². The molecule has 2 rings (SSSR count). The molecule has 0 aliphatic carbocycles. The van der Waals surface area contributed by atoms with Crippen molar-refractivity contribution in [1.29, 1.82) is 0 Å². The summed E-state index contributed by atoms with van der Waals surface area (Å²) in [6, 6.07) is 8.36. The van der Waals surface area contributed by atoms with Gasteiger partial charge in [-0.25, -0.2) is 13.1 Å². The van der Waals surface area contributed by atoms with E-state index in [4.69, 9.17) is 11.6 Å². The third-order valence-electron chi connectivity index (χ3n) is 2.63. The average Bonchev–Trinajstić information content (AvgIpc) is 2.46. The standard InChI is InChI=1S/C13H13ClN2O2S2/c1-19-12-3-2-11(14)8-13(12)20(17,18)16-9-10-4-6-15-7-5-10/h2-8,16H,9H2,1H3. The lowest BCUT2D eigenvalue weighted by molar-refractivity contribution is 0.579. The second kappa shape index (κ2) is 6.58. The first-order chi connectivity index (χ1) is 9.53. The van der Waals surface area contributed by atoms with Gasteiger partial charge in [0.2, 0.25) is 10.0 Å². The molecular formula is C13H13ClN2O2S2. The zero-order valence-electron chi connectivity index (χ0n) is 10.7. The van der Waals surface area contributed by atoms with Crippen LogP contribution in [0.4, 0.5) is 0 Å². The summed E-state index contributed by atoms with van der Waals surface area (Å²) in [5.74, 6) is 0. The normalized spacial score (nSPS) is 11.5. The monoisotopic (exact) mass is 328 g/mol. The molecule has 0 atom stereocenters. The van der Waals surface area contributed by atoms with Crippen LogP contribution in [-0.2, 0) is 16.6 Å². The largest absolute Gasteiger partial charge is 0.265 e. The average molecular weight is 329 g/mol. The van der Waals surface area contributed by atoms with Gasteiger partial charge in [0.15, 0.2) is 0 Å². The van der Waals surface area contributed by atoms with Crippen LogP contribution in [0.1, 0.15) is 5.56 Å². The van der Waals surface area contributed by atoms with Crippen LogP contribution in [0.3, 0.4) is 0 Å². The first kappa shape index (κ1) is 15.3. The summed E-state index contributed by atoms with van der Waals surface area (Å²) in [5, 5.41) is 0.395. The van der Waals surface area contributed by atoms with Gasteiger partial charge < -0.3 is 0 Å². The number of hydrogen-bond donors (Lipinski definition) is 1. The predicted octanol–water partition coefficient (Wildman–Crippen LogP) is 2.94. The lowest BCUT2D eigenvalue weighted by atomic mass is 10.3. The summed E-state index contributed by atoms with van der Waals surface area (Å²) < 4.78 is 27.2. The van der Waals surface area contributed by atoms with Crippen molar-refractivity contribution in [2.45, 2.75) is 16.3 Å². The molecule has 0 fully saturated rings. The van der Waals surface area contributed by atoms with Crippen LogP contribution in [0.25, 0.3) is 0 Å². The van der Waals surface area contributed by atoms with Gasteiger partial charge >= 0.3 is 0 Å². The van der Waals surface area contributed by atoms with E-state index < -0.39 is 10.0 Å². The van der Waals surface area contributed by atoms with Crippen molar-refractivity contribution in [2.75, 3.05) is 6.26 Å². The Morgan fingerprint density at radius 3 is 2.60 bits per heavy atom. The summed E-state index contributed by atoms with van der Waals surface area (Å²) in [5.41, 5.74) is 0.844. The number of hydrogen-bond acceptors (Lipinski definition) is 4. The van der Waals surface area contributed by atoms with Crippen LogP contribution < -0.4 is 4.72 Å². The van der Waals surface area contributed by atoms with Crippen molar-refractivity contribution in [3.63, 3.8) is 0 Å². The van der Waals surface area contributed by atoms with Gasteiger partial charge in [-0.3, -0.25) is 4.98 Å². The molecular weight excluding hydrogens is 316 g/mol. The minimum Gasteiger partial charge on any atom is -0.265 e. The minimum absolute atomic E-state index is 0.201. The summed E-state index contributed by atoms with van der Waals surface area (Å²) >= 11 is 7.25. The van der Waals surface area contributed by atoms with Crippen molar-refractivity contribution in [3.05, 3.63) is 53.3 Å². The van der Waals surface area contributed by atoms with Crippen molar-refractivity contribution in [3.8, 4) is 0 Å². The molecule has 1 heterocycles. The maximum absolute atomic E-state index is 12.3. The Hall–Kier alpha value is -1.08. The Morgan fingerprint density at radius 2 is 1.95 bits per heavy atom. The van der Waals surface area contributed by atoms with E-state index in [2.05, 4.69) is 9.71 Å². The maximum atomic E-state index is 12.3. The van der Waals surface area contributed by atoms with E-state index in [0.29, 0.717) is 9.92 Å². The molecule has 1 aromatic carbocycles. The van der Waals surface area contributed by atoms with E-state index in [1.807, 2.05) is 6.26 Å². The molecule has 4 nitrogen and oxygen atoms in total. The zero-order chi connectivity index (χ0) is 14.6. The minimum atomic E-state index is -3.60. The Morgan fingerprint density at radius 1 is 1.25 bits per heavy atom. The highest BCUT2D eigenvalue weighted by atomic mass is 35.5. The molecule has 0 radical (unpaired) electrons. The van der Waals surface area contributed by atoms with Gasteiger partial charge in [0.1, 0.15) is 0 Å². The van der Waals surface area contributed by atoms with Crippen molar-refractivity contribution < 1.29 is 8.42 Å². The molecule has 1 aromatic heterocycles. The molecule has 0 bridgehead atoms. The highest BCUT2D eigenvalue weighted by Gasteiger charge is 2.18. The fraction of sp³-hybridized carbons (Fsp3) is 0.154. The third kappa shape index (κ3) is 3.73. The predicted molar refractivity (Wildman–Crippen MR) is 81.5 cm³/mol. The second-order valence-electron chi connectivity index (χ2n) is 3.98. The van der Waals surface area contributed by atoms with Gasteiger partial charge in [-0.2, -0.15) is 0 Å². The summed E-state index contributed by atoms with van der Waals surface area (Å²) in [4.78, 5) is 4.75. The summed E-state index contributed by atoms with van der Waals surface area (Å²) in [6.07, 6.45) is 5.07. The number of rotatable bonds is 5.